The van der Waals surface area contributed by atoms with Gasteiger partial charge in [-0.1, -0.05) is 13.3 Å². The lowest BCUT2D eigenvalue weighted by Crippen LogP contribution is -2.58. The number of carbonyl (C=O) groups is 3. The SMILES string of the molecule is CCCC1(C(=O)O)CCCN1C(=O)N1CCCC1C(N)=O. The summed E-state index contributed by atoms with van der Waals surface area (Å²) >= 11 is 0. The van der Waals surface area contributed by atoms with Crippen molar-refractivity contribution in [3.63, 3.8) is 0 Å². The zero-order valence-corrected chi connectivity index (χ0v) is 12.4. The topological polar surface area (TPSA) is 104 Å². The van der Waals surface area contributed by atoms with Crippen molar-refractivity contribution in [2.24, 2.45) is 5.73 Å². The van der Waals surface area contributed by atoms with Gasteiger partial charge in [-0.2, -0.15) is 0 Å². The van der Waals surface area contributed by atoms with Gasteiger partial charge in [-0.25, -0.2) is 9.59 Å². The number of amides is 3. The van der Waals surface area contributed by atoms with Crippen LogP contribution in [0.5, 0.6) is 0 Å². The fraction of sp³-hybridized carbons (Fsp3) is 0.786. The van der Waals surface area contributed by atoms with Crippen LogP contribution in [-0.4, -0.2) is 57.5 Å². The van der Waals surface area contributed by atoms with Crippen LogP contribution in [-0.2, 0) is 9.59 Å². The number of hydrogen-bond acceptors (Lipinski definition) is 3. The van der Waals surface area contributed by atoms with Gasteiger partial charge in [0.05, 0.1) is 0 Å². The van der Waals surface area contributed by atoms with Crippen LogP contribution in [0.25, 0.3) is 0 Å². The summed E-state index contributed by atoms with van der Waals surface area (Å²) in [5.41, 5.74) is 4.21. The zero-order chi connectivity index (χ0) is 15.6. The summed E-state index contributed by atoms with van der Waals surface area (Å²) in [6.45, 7) is 2.80. The fourth-order valence-corrected chi connectivity index (χ4v) is 3.61. The summed E-state index contributed by atoms with van der Waals surface area (Å²) in [5.74, 6) is -1.47. The van der Waals surface area contributed by atoms with E-state index in [1.165, 1.54) is 9.80 Å². The summed E-state index contributed by atoms with van der Waals surface area (Å²) in [7, 11) is 0. The average Bonchev–Trinajstić information content (AvgIpc) is 3.05. The standard InChI is InChI=1S/C14H23N3O4/c1-2-6-14(12(19)20)7-4-9-17(14)13(21)16-8-3-5-10(16)11(15)18/h10H,2-9H2,1H3,(H2,15,18)(H,19,20). The summed E-state index contributed by atoms with van der Waals surface area (Å²) in [5, 5.41) is 9.63. The van der Waals surface area contributed by atoms with Crippen molar-refractivity contribution in [3.8, 4) is 0 Å². The van der Waals surface area contributed by atoms with Gasteiger partial charge in [-0.15, -0.1) is 0 Å². The van der Waals surface area contributed by atoms with E-state index >= 15 is 0 Å². The molecule has 2 rings (SSSR count). The molecule has 2 aliphatic heterocycles. The average molecular weight is 297 g/mol. The maximum atomic E-state index is 12.7. The lowest BCUT2D eigenvalue weighted by Gasteiger charge is -2.38. The first-order chi connectivity index (χ1) is 9.94. The molecule has 3 amide bonds. The van der Waals surface area contributed by atoms with E-state index in [0.717, 1.165) is 6.42 Å². The Balaban J connectivity index is 2.24. The van der Waals surface area contributed by atoms with Crippen molar-refractivity contribution >= 4 is 17.9 Å². The van der Waals surface area contributed by atoms with Crippen molar-refractivity contribution in [1.82, 2.24) is 9.80 Å². The highest BCUT2D eigenvalue weighted by atomic mass is 16.4. The number of hydrogen-bond donors (Lipinski definition) is 2. The van der Waals surface area contributed by atoms with E-state index in [9.17, 15) is 19.5 Å². The highest BCUT2D eigenvalue weighted by Crippen LogP contribution is 2.36. The lowest BCUT2D eigenvalue weighted by molar-refractivity contribution is -0.148. The Hall–Kier alpha value is -1.79. The molecule has 2 atom stereocenters. The highest BCUT2D eigenvalue weighted by Gasteiger charge is 2.51. The van der Waals surface area contributed by atoms with E-state index in [4.69, 9.17) is 5.73 Å². The van der Waals surface area contributed by atoms with Crippen molar-refractivity contribution in [2.45, 2.75) is 57.0 Å². The number of carbonyl (C=O) groups excluding carboxylic acids is 2. The first-order valence-electron chi connectivity index (χ1n) is 7.55. The Labute approximate surface area is 124 Å². The summed E-state index contributed by atoms with van der Waals surface area (Å²) in [6, 6.07) is -0.962. The summed E-state index contributed by atoms with van der Waals surface area (Å²) in [4.78, 5) is 38.8. The molecule has 2 unspecified atom stereocenters. The molecule has 0 aromatic carbocycles. The first-order valence-corrected chi connectivity index (χ1v) is 7.55. The quantitative estimate of drug-likeness (QED) is 0.800. The van der Waals surface area contributed by atoms with Crippen molar-refractivity contribution in [1.29, 1.82) is 0 Å². The number of nitrogens with two attached hydrogens (primary N) is 1. The molecule has 7 nitrogen and oxygen atoms in total. The normalized spacial score (nSPS) is 28.9. The predicted molar refractivity (Wildman–Crippen MR) is 75.5 cm³/mol. The maximum absolute atomic E-state index is 12.7. The Kier molecular flexibility index (Phi) is 4.39. The summed E-state index contributed by atoms with van der Waals surface area (Å²) in [6.07, 6.45) is 3.55. The third-order valence-electron chi connectivity index (χ3n) is 4.61. The molecule has 0 aromatic rings. The van der Waals surface area contributed by atoms with E-state index in [1.807, 2.05) is 6.92 Å². The highest BCUT2D eigenvalue weighted by molar-refractivity contribution is 5.90. The molecular weight excluding hydrogens is 274 g/mol. The van der Waals surface area contributed by atoms with E-state index in [2.05, 4.69) is 0 Å². The molecule has 2 fully saturated rings. The monoisotopic (exact) mass is 297 g/mol. The molecule has 2 aliphatic rings. The van der Waals surface area contributed by atoms with Gasteiger partial charge >= 0.3 is 12.0 Å². The predicted octanol–water partition coefficient (Wildman–Crippen LogP) is 0.775. The Morgan fingerprint density at radius 2 is 2.00 bits per heavy atom. The number of nitrogens with zero attached hydrogens (tertiary/aromatic N) is 2. The van der Waals surface area contributed by atoms with Gasteiger partial charge in [0.15, 0.2) is 0 Å². The van der Waals surface area contributed by atoms with Gasteiger partial charge in [0.1, 0.15) is 11.6 Å². The van der Waals surface area contributed by atoms with Crippen LogP contribution in [0.3, 0.4) is 0 Å². The lowest BCUT2D eigenvalue weighted by atomic mass is 9.91. The Morgan fingerprint density at radius 3 is 2.57 bits per heavy atom. The zero-order valence-electron chi connectivity index (χ0n) is 12.4. The Bertz CT molecular complexity index is 454. The van der Waals surface area contributed by atoms with Gasteiger partial charge in [0.2, 0.25) is 5.91 Å². The molecule has 0 aliphatic carbocycles. The minimum atomic E-state index is -1.13. The number of carboxylic acids is 1. The van der Waals surface area contributed by atoms with Crippen LogP contribution in [0.1, 0.15) is 45.4 Å². The van der Waals surface area contributed by atoms with Crippen LogP contribution in [0.15, 0.2) is 0 Å². The molecule has 0 bridgehead atoms. The van der Waals surface area contributed by atoms with E-state index in [0.29, 0.717) is 45.2 Å². The van der Waals surface area contributed by atoms with Gasteiger partial charge in [0.25, 0.3) is 0 Å². The molecule has 0 aromatic heterocycles. The third-order valence-corrected chi connectivity index (χ3v) is 4.61. The number of carboxylic acid groups (broad SMARTS) is 1. The van der Waals surface area contributed by atoms with E-state index in [-0.39, 0.29) is 6.03 Å². The molecule has 0 saturated carbocycles. The van der Waals surface area contributed by atoms with Crippen LogP contribution < -0.4 is 5.73 Å². The number of primary amides is 1. The van der Waals surface area contributed by atoms with Gasteiger partial charge in [0, 0.05) is 13.1 Å². The van der Waals surface area contributed by atoms with Crippen LogP contribution in [0.4, 0.5) is 4.79 Å². The van der Waals surface area contributed by atoms with Gasteiger partial charge in [-0.3, -0.25) is 4.79 Å². The fourth-order valence-electron chi connectivity index (χ4n) is 3.61. The molecule has 0 spiro atoms. The largest absolute Gasteiger partial charge is 0.479 e. The number of aliphatic carboxylic acids is 1. The Morgan fingerprint density at radius 1 is 1.29 bits per heavy atom. The second-order valence-electron chi connectivity index (χ2n) is 5.88. The van der Waals surface area contributed by atoms with Crippen LogP contribution >= 0.6 is 0 Å². The second kappa shape index (κ2) is 5.91. The minimum absolute atomic E-state index is 0.357. The van der Waals surface area contributed by atoms with Gasteiger partial charge in [-0.05, 0) is 32.1 Å². The maximum Gasteiger partial charge on any atom is 0.329 e. The van der Waals surface area contributed by atoms with Gasteiger partial charge < -0.3 is 20.6 Å². The molecule has 7 heteroatoms. The molecule has 2 heterocycles. The van der Waals surface area contributed by atoms with E-state index in [1.54, 1.807) is 0 Å². The van der Waals surface area contributed by atoms with Crippen LogP contribution in [0.2, 0.25) is 0 Å². The van der Waals surface area contributed by atoms with Crippen molar-refractivity contribution in [2.75, 3.05) is 13.1 Å². The number of likely N-dealkylation sites (tertiary alicyclic amines) is 2. The first kappa shape index (κ1) is 15.6. The third kappa shape index (κ3) is 2.56. The molecular formula is C14H23N3O4. The molecule has 118 valence electrons. The van der Waals surface area contributed by atoms with Crippen molar-refractivity contribution in [3.05, 3.63) is 0 Å². The van der Waals surface area contributed by atoms with Crippen LogP contribution in [0, 0.1) is 0 Å². The van der Waals surface area contributed by atoms with E-state index < -0.39 is 23.5 Å². The smallest absolute Gasteiger partial charge is 0.329 e. The number of urea groups is 1. The second-order valence-corrected chi connectivity index (χ2v) is 5.88. The molecule has 2 saturated heterocycles. The number of rotatable bonds is 4. The minimum Gasteiger partial charge on any atom is -0.479 e. The summed E-state index contributed by atoms with van der Waals surface area (Å²) < 4.78 is 0. The van der Waals surface area contributed by atoms with Crippen molar-refractivity contribution < 1.29 is 19.5 Å². The molecule has 21 heavy (non-hydrogen) atoms. The molecule has 0 radical (unpaired) electrons. The molecule has 3 N–H and O–H groups in total.